The van der Waals surface area contributed by atoms with Crippen molar-refractivity contribution in [2.75, 3.05) is 5.32 Å². The van der Waals surface area contributed by atoms with Crippen molar-refractivity contribution in [3.8, 4) is 0 Å². The van der Waals surface area contributed by atoms with Crippen LogP contribution in [0.2, 0.25) is 0 Å². The number of benzene rings is 1. The largest absolute Gasteiger partial charge is 0.352 e. The molecule has 1 atom stereocenters. The second-order valence-electron chi connectivity index (χ2n) is 6.11. The second-order valence-corrected chi connectivity index (χ2v) is 8.68. The second kappa shape index (κ2) is 7.98. The minimum Gasteiger partial charge on any atom is -0.352 e. The quantitative estimate of drug-likeness (QED) is 0.756. The summed E-state index contributed by atoms with van der Waals surface area (Å²) >= 11 is 2.93. The first-order valence-corrected chi connectivity index (χ1v) is 9.94. The van der Waals surface area contributed by atoms with Crippen LogP contribution in [-0.4, -0.2) is 27.4 Å². The molecule has 0 unspecified atom stereocenters. The summed E-state index contributed by atoms with van der Waals surface area (Å²) in [6.07, 6.45) is 4.65. The first-order valence-electron chi connectivity index (χ1n) is 8.24. The maximum absolute atomic E-state index is 12.2. The van der Waals surface area contributed by atoms with Crippen LogP contribution in [-0.2, 0) is 4.79 Å². The number of hydrogen-bond donors (Lipinski definition) is 2. The molecule has 1 aromatic carbocycles. The lowest BCUT2D eigenvalue weighted by atomic mass is 10.2. The maximum Gasteiger partial charge on any atom is 0.233 e. The van der Waals surface area contributed by atoms with Gasteiger partial charge in [0.1, 0.15) is 0 Å². The molecule has 1 aliphatic rings. The molecule has 1 saturated carbocycles. The summed E-state index contributed by atoms with van der Waals surface area (Å²) < 4.78 is 0.804. The average molecular weight is 363 g/mol. The van der Waals surface area contributed by atoms with E-state index in [2.05, 4.69) is 39.9 Å². The van der Waals surface area contributed by atoms with E-state index in [0.717, 1.165) is 28.0 Å². The van der Waals surface area contributed by atoms with Gasteiger partial charge in [0.05, 0.1) is 5.25 Å². The van der Waals surface area contributed by atoms with Crippen molar-refractivity contribution in [3.63, 3.8) is 0 Å². The van der Waals surface area contributed by atoms with Crippen LogP contribution in [0.1, 0.15) is 38.2 Å². The molecular weight excluding hydrogens is 340 g/mol. The summed E-state index contributed by atoms with van der Waals surface area (Å²) in [4.78, 5) is 12.2. The van der Waals surface area contributed by atoms with E-state index in [0.29, 0.717) is 6.04 Å². The van der Waals surface area contributed by atoms with Gasteiger partial charge in [0, 0.05) is 11.7 Å². The summed E-state index contributed by atoms with van der Waals surface area (Å²) in [5.41, 5.74) is 2.21. The molecule has 3 rings (SSSR count). The first kappa shape index (κ1) is 17.2. The van der Waals surface area contributed by atoms with Crippen molar-refractivity contribution in [1.29, 1.82) is 0 Å². The Morgan fingerprint density at radius 1 is 1.25 bits per heavy atom. The standard InChI is InChI=1S/C17H22N4OS2/c1-11-7-9-14(10-8-11)19-16-20-21-17(24-16)23-12(2)15(22)18-13-5-3-4-6-13/h7-10,12-13H,3-6H2,1-2H3,(H,18,22)(H,19,20)/t12-/m1/s1. The average Bonchev–Trinajstić information content (AvgIpc) is 3.22. The monoisotopic (exact) mass is 362 g/mol. The number of carbonyl (C=O) groups is 1. The number of carbonyl (C=O) groups excluding carboxylic acids is 1. The van der Waals surface area contributed by atoms with Gasteiger partial charge in [-0.2, -0.15) is 0 Å². The highest BCUT2D eigenvalue weighted by molar-refractivity contribution is 8.02. The summed E-state index contributed by atoms with van der Waals surface area (Å²) in [6.45, 7) is 3.98. The molecule has 1 amide bonds. The molecule has 1 aliphatic carbocycles. The van der Waals surface area contributed by atoms with Gasteiger partial charge in [-0.25, -0.2) is 0 Å². The van der Waals surface area contributed by atoms with Crippen LogP contribution in [0, 0.1) is 6.92 Å². The van der Waals surface area contributed by atoms with Gasteiger partial charge >= 0.3 is 0 Å². The highest BCUT2D eigenvalue weighted by Gasteiger charge is 2.22. The highest BCUT2D eigenvalue weighted by Crippen LogP contribution is 2.30. The molecule has 0 radical (unpaired) electrons. The molecule has 0 bridgehead atoms. The Kier molecular flexibility index (Phi) is 5.73. The minimum atomic E-state index is -0.161. The zero-order chi connectivity index (χ0) is 16.9. The van der Waals surface area contributed by atoms with Gasteiger partial charge in [-0.1, -0.05) is 53.6 Å². The SMILES string of the molecule is Cc1ccc(Nc2nnc(S[C@H](C)C(=O)NC3CCCC3)s2)cc1. The number of amides is 1. The van der Waals surface area contributed by atoms with Gasteiger partial charge in [0.15, 0.2) is 4.34 Å². The summed E-state index contributed by atoms with van der Waals surface area (Å²) in [7, 11) is 0. The molecule has 1 heterocycles. The van der Waals surface area contributed by atoms with Gasteiger partial charge < -0.3 is 10.6 Å². The number of aryl methyl sites for hydroxylation is 1. The number of hydrogen-bond acceptors (Lipinski definition) is 6. The Morgan fingerprint density at radius 2 is 1.96 bits per heavy atom. The highest BCUT2D eigenvalue weighted by atomic mass is 32.2. The number of rotatable bonds is 6. The molecule has 0 saturated heterocycles. The third kappa shape index (κ3) is 4.70. The van der Waals surface area contributed by atoms with Crippen molar-refractivity contribution >= 4 is 39.8 Å². The summed E-state index contributed by atoms with van der Waals surface area (Å²) in [5.74, 6) is 0.0927. The first-order chi connectivity index (χ1) is 11.6. The van der Waals surface area contributed by atoms with E-state index in [1.807, 2.05) is 19.1 Å². The molecule has 0 aliphatic heterocycles. The molecule has 2 N–H and O–H groups in total. The Balaban J connectivity index is 1.53. The van der Waals surface area contributed by atoms with Crippen LogP contribution in [0.15, 0.2) is 28.6 Å². The van der Waals surface area contributed by atoms with E-state index in [1.165, 1.54) is 41.5 Å². The van der Waals surface area contributed by atoms with E-state index in [1.54, 1.807) is 0 Å². The van der Waals surface area contributed by atoms with E-state index >= 15 is 0 Å². The molecule has 2 aromatic rings. The number of nitrogens with one attached hydrogen (secondary N) is 2. The Bertz CT molecular complexity index is 680. The van der Waals surface area contributed by atoms with Crippen LogP contribution in [0.4, 0.5) is 10.8 Å². The third-order valence-electron chi connectivity index (χ3n) is 4.06. The van der Waals surface area contributed by atoms with Crippen molar-refractivity contribution < 1.29 is 4.79 Å². The molecule has 5 nitrogen and oxygen atoms in total. The van der Waals surface area contributed by atoms with E-state index in [9.17, 15) is 4.79 Å². The molecular formula is C17H22N4OS2. The van der Waals surface area contributed by atoms with Crippen molar-refractivity contribution in [2.24, 2.45) is 0 Å². The fraction of sp³-hybridized carbons (Fsp3) is 0.471. The molecule has 128 valence electrons. The van der Waals surface area contributed by atoms with Crippen LogP contribution in [0.3, 0.4) is 0 Å². The molecule has 1 fully saturated rings. The van der Waals surface area contributed by atoms with E-state index in [-0.39, 0.29) is 11.2 Å². The predicted molar refractivity (Wildman–Crippen MR) is 100 cm³/mol. The van der Waals surface area contributed by atoms with E-state index < -0.39 is 0 Å². The van der Waals surface area contributed by atoms with Crippen molar-refractivity contribution in [2.45, 2.75) is 55.2 Å². The Labute approximate surface area is 150 Å². The topological polar surface area (TPSA) is 66.9 Å². The third-order valence-corrected chi connectivity index (χ3v) is 6.08. The lowest BCUT2D eigenvalue weighted by Gasteiger charge is -2.15. The lowest BCUT2D eigenvalue weighted by molar-refractivity contribution is -0.120. The van der Waals surface area contributed by atoms with Crippen molar-refractivity contribution in [3.05, 3.63) is 29.8 Å². The van der Waals surface area contributed by atoms with Crippen molar-refractivity contribution in [1.82, 2.24) is 15.5 Å². The summed E-state index contributed by atoms with van der Waals surface area (Å²) in [5, 5.41) is 15.3. The van der Waals surface area contributed by atoms with Crippen LogP contribution in [0.5, 0.6) is 0 Å². The smallest absolute Gasteiger partial charge is 0.233 e. The van der Waals surface area contributed by atoms with Crippen LogP contribution < -0.4 is 10.6 Å². The van der Waals surface area contributed by atoms with Gasteiger partial charge in [-0.15, -0.1) is 10.2 Å². The molecule has 7 heteroatoms. The van der Waals surface area contributed by atoms with Gasteiger partial charge in [0.25, 0.3) is 0 Å². The number of thioether (sulfide) groups is 1. The summed E-state index contributed by atoms with van der Waals surface area (Å²) in [6, 6.07) is 8.49. The molecule has 0 spiro atoms. The van der Waals surface area contributed by atoms with E-state index in [4.69, 9.17) is 0 Å². The molecule has 24 heavy (non-hydrogen) atoms. The van der Waals surface area contributed by atoms with Crippen LogP contribution in [0.25, 0.3) is 0 Å². The number of anilines is 2. The minimum absolute atomic E-state index is 0.0927. The fourth-order valence-electron chi connectivity index (χ4n) is 2.66. The zero-order valence-electron chi connectivity index (χ0n) is 13.9. The van der Waals surface area contributed by atoms with Crippen LogP contribution >= 0.6 is 23.1 Å². The zero-order valence-corrected chi connectivity index (χ0v) is 15.5. The Morgan fingerprint density at radius 3 is 2.67 bits per heavy atom. The van der Waals surface area contributed by atoms with Gasteiger partial charge in [-0.3, -0.25) is 4.79 Å². The lowest BCUT2D eigenvalue weighted by Crippen LogP contribution is -2.37. The number of aromatic nitrogens is 2. The number of nitrogens with zero attached hydrogens (tertiary/aromatic N) is 2. The Hall–Kier alpha value is -1.60. The maximum atomic E-state index is 12.2. The fourth-order valence-corrected chi connectivity index (χ4v) is 4.59. The normalized spacial score (nSPS) is 16.1. The van der Waals surface area contributed by atoms with Gasteiger partial charge in [-0.05, 0) is 38.8 Å². The van der Waals surface area contributed by atoms with Gasteiger partial charge in [0.2, 0.25) is 11.0 Å². The molecule has 1 aromatic heterocycles. The predicted octanol–water partition coefficient (Wildman–Crippen LogP) is 4.13.